The van der Waals surface area contributed by atoms with Gasteiger partial charge in [-0.2, -0.15) is 0 Å². The van der Waals surface area contributed by atoms with Gasteiger partial charge in [0.25, 0.3) is 5.56 Å². The Bertz CT molecular complexity index is 823. The van der Waals surface area contributed by atoms with Crippen LogP contribution in [-0.2, 0) is 6.54 Å². The zero-order valence-electron chi connectivity index (χ0n) is 13.6. The first-order chi connectivity index (χ1) is 10.8. The summed E-state index contributed by atoms with van der Waals surface area (Å²) < 4.78 is 3.88. The maximum Gasteiger partial charge on any atom is 0.278 e. The summed E-state index contributed by atoms with van der Waals surface area (Å²) in [5.74, 6) is 0.872. The number of nitrogens with one attached hydrogen (secondary N) is 1. The van der Waals surface area contributed by atoms with Crippen molar-refractivity contribution in [3.05, 3.63) is 34.7 Å². The molecule has 24 heavy (non-hydrogen) atoms. The van der Waals surface area contributed by atoms with Gasteiger partial charge in [-0.1, -0.05) is 18.9 Å². The molecule has 0 spiro atoms. The van der Waals surface area contributed by atoms with Crippen LogP contribution in [0.5, 0.6) is 0 Å². The largest absolute Gasteiger partial charge is 0.317 e. The summed E-state index contributed by atoms with van der Waals surface area (Å²) in [5, 5.41) is 3.41. The Morgan fingerprint density at radius 2 is 1.96 bits per heavy atom. The minimum atomic E-state index is 0. The molecule has 1 N–H and O–H groups in total. The molecule has 0 amide bonds. The van der Waals surface area contributed by atoms with E-state index in [0.717, 1.165) is 30.2 Å². The molecular weight excluding hydrogens is 347 g/mol. The minimum absolute atomic E-state index is 0. The van der Waals surface area contributed by atoms with Crippen molar-refractivity contribution >= 4 is 41.6 Å². The van der Waals surface area contributed by atoms with E-state index in [1.807, 2.05) is 27.2 Å². The van der Waals surface area contributed by atoms with Crippen LogP contribution in [0.15, 0.2) is 29.2 Å². The summed E-state index contributed by atoms with van der Waals surface area (Å²) in [5.41, 5.74) is 2.62. The third-order valence-corrected chi connectivity index (χ3v) is 4.95. The first kappa shape index (κ1) is 19.0. The van der Waals surface area contributed by atoms with Crippen molar-refractivity contribution in [3.8, 4) is 0 Å². The van der Waals surface area contributed by atoms with Gasteiger partial charge in [-0.3, -0.25) is 13.8 Å². The molecule has 0 aromatic carbocycles. The van der Waals surface area contributed by atoms with E-state index >= 15 is 0 Å². The standard InChI is InChI=1S/C17H22N4O.2ClH/c22-17-14-12-19-15-5-3-6-16(21(14)15)20(17)11-2-1-4-13-7-9-18-10-8-13;;/h3,5-6,12-13,18H,1-2,4,7-11H2;2*1H. The summed E-state index contributed by atoms with van der Waals surface area (Å²) in [6, 6.07) is 5.93. The first-order valence-electron chi connectivity index (χ1n) is 8.33. The smallest absolute Gasteiger partial charge is 0.278 e. The number of unbranched alkanes of at least 4 members (excludes halogenated alkanes) is 1. The van der Waals surface area contributed by atoms with Crippen molar-refractivity contribution in [1.29, 1.82) is 0 Å². The van der Waals surface area contributed by atoms with E-state index in [9.17, 15) is 4.79 Å². The SMILES string of the molecule is Cl.Cl.O=c1c2cnc3cccc(n1CCCCC1CCNCC1)n32. The molecule has 1 fully saturated rings. The number of aryl methyl sites for hydroxylation is 1. The molecule has 1 aliphatic rings. The Morgan fingerprint density at radius 3 is 2.75 bits per heavy atom. The molecular formula is C17H24Cl2N4O. The van der Waals surface area contributed by atoms with Crippen molar-refractivity contribution in [1.82, 2.24) is 19.3 Å². The van der Waals surface area contributed by atoms with E-state index in [1.54, 1.807) is 6.20 Å². The number of nitrogens with zero attached hydrogens (tertiary/aromatic N) is 3. The van der Waals surface area contributed by atoms with Crippen molar-refractivity contribution in [3.63, 3.8) is 0 Å². The normalized spacial score (nSPS) is 15.5. The molecule has 0 aliphatic carbocycles. The minimum Gasteiger partial charge on any atom is -0.317 e. The summed E-state index contributed by atoms with van der Waals surface area (Å²) in [4.78, 5) is 16.8. The highest BCUT2D eigenvalue weighted by Gasteiger charge is 2.15. The molecule has 0 bridgehead atoms. The highest BCUT2D eigenvalue weighted by Crippen LogP contribution is 2.19. The number of rotatable bonds is 5. The third-order valence-electron chi connectivity index (χ3n) is 4.95. The number of imidazole rings is 2. The molecule has 0 atom stereocenters. The Morgan fingerprint density at radius 1 is 1.17 bits per heavy atom. The molecule has 4 heterocycles. The zero-order valence-corrected chi connectivity index (χ0v) is 15.2. The van der Waals surface area contributed by atoms with E-state index in [2.05, 4.69) is 10.3 Å². The predicted molar refractivity (Wildman–Crippen MR) is 102 cm³/mol. The number of aromatic nitrogens is 3. The molecule has 3 aromatic heterocycles. The lowest BCUT2D eigenvalue weighted by Crippen LogP contribution is -2.27. The Balaban J connectivity index is 0.00000104. The first-order valence-corrected chi connectivity index (χ1v) is 8.33. The average Bonchev–Trinajstić information content (AvgIpc) is 3.10. The molecule has 7 heteroatoms. The summed E-state index contributed by atoms with van der Waals surface area (Å²) in [6.45, 7) is 3.14. The number of piperidine rings is 1. The van der Waals surface area contributed by atoms with Gasteiger partial charge in [-0.25, -0.2) is 4.98 Å². The van der Waals surface area contributed by atoms with E-state index in [4.69, 9.17) is 0 Å². The fourth-order valence-electron chi connectivity index (χ4n) is 3.71. The molecule has 3 aromatic rings. The van der Waals surface area contributed by atoms with Crippen LogP contribution < -0.4 is 10.9 Å². The van der Waals surface area contributed by atoms with Gasteiger partial charge in [0.1, 0.15) is 16.8 Å². The van der Waals surface area contributed by atoms with Crippen LogP contribution in [0.3, 0.4) is 0 Å². The lowest BCUT2D eigenvalue weighted by molar-refractivity contribution is 0.341. The van der Waals surface area contributed by atoms with Crippen LogP contribution in [0.4, 0.5) is 0 Å². The van der Waals surface area contributed by atoms with Gasteiger partial charge in [0, 0.05) is 6.54 Å². The molecule has 0 unspecified atom stereocenters. The van der Waals surface area contributed by atoms with Crippen LogP contribution >= 0.6 is 24.8 Å². The Kier molecular flexibility index (Phi) is 6.49. The van der Waals surface area contributed by atoms with E-state index in [1.165, 1.54) is 38.8 Å². The Labute approximate surface area is 153 Å². The number of halogens is 2. The van der Waals surface area contributed by atoms with E-state index in [-0.39, 0.29) is 30.4 Å². The van der Waals surface area contributed by atoms with Gasteiger partial charge >= 0.3 is 0 Å². The maximum atomic E-state index is 12.5. The van der Waals surface area contributed by atoms with Gasteiger partial charge in [0.05, 0.1) is 6.20 Å². The number of hydrogen-bond donors (Lipinski definition) is 1. The molecule has 0 saturated carbocycles. The van der Waals surface area contributed by atoms with Gasteiger partial charge in [0.15, 0.2) is 0 Å². The van der Waals surface area contributed by atoms with Crippen LogP contribution in [0.25, 0.3) is 16.8 Å². The number of pyridine rings is 1. The zero-order chi connectivity index (χ0) is 14.9. The van der Waals surface area contributed by atoms with Crippen molar-refractivity contribution in [2.45, 2.75) is 38.6 Å². The van der Waals surface area contributed by atoms with Crippen LogP contribution in [-0.4, -0.2) is 27.0 Å². The summed E-state index contributed by atoms with van der Waals surface area (Å²) >= 11 is 0. The lowest BCUT2D eigenvalue weighted by Gasteiger charge is -2.22. The van der Waals surface area contributed by atoms with Crippen LogP contribution in [0.1, 0.15) is 32.1 Å². The van der Waals surface area contributed by atoms with Crippen molar-refractivity contribution < 1.29 is 0 Å². The van der Waals surface area contributed by atoms with Gasteiger partial charge < -0.3 is 5.32 Å². The predicted octanol–water partition coefficient (Wildman–Crippen LogP) is 3.10. The van der Waals surface area contributed by atoms with Gasteiger partial charge in [-0.15, -0.1) is 24.8 Å². The fraction of sp³-hybridized carbons (Fsp3) is 0.529. The second-order valence-corrected chi connectivity index (χ2v) is 6.37. The van der Waals surface area contributed by atoms with Gasteiger partial charge in [0.2, 0.25) is 0 Å². The average molecular weight is 371 g/mol. The van der Waals surface area contributed by atoms with Crippen molar-refractivity contribution in [2.24, 2.45) is 5.92 Å². The van der Waals surface area contributed by atoms with Gasteiger partial charge in [-0.05, 0) is 50.4 Å². The quantitative estimate of drug-likeness (QED) is 0.702. The summed E-state index contributed by atoms with van der Waals surface area (Å²) in [6.07, 6.45) is 7.87. The second kappa shape index (κ2) is 8.19. The molecule has 1 aliphatic heterocycles. The highest BCUT2D eigenvalue weighted by molar-refractivity contribution is 5.85. The van der Waals surface area contributed by atoms with Crippen LogP contribution in [0, 0.1) is 5.92 Å². The molecule has 5 nitrogen and oxygen atoms in total. The second-order valence-electron chi connectivity index (χ2n) is 6.37. The maximum absolute atomic E-state index is 12.5. The molecule has 0 radical (unpaired) electrons. The van der Waals surface area contributed by atoms with Crippen molar-refractivity contribution in [2.75, 3.05) is 13.1 Å². The van der Waals surface area contributed by atoms with E-state index < -0.39 is 0 Å². The highest BCUT2D eigenvalue weighted by atomic mass is 35.5. The topological polar surface area (TPSA) is 51.3 Å². The molecule has 132 valence electrons. The van der Waals surface area contributed by atoms with E-state index in [0.29, 0.717) is 5.52 Å². The third kappa shape index (κ3) is 3.39. The summed E-state index contributed by atoms with van der Waals surface area (Å²) in [7, 11) is 0. The fourth-order valence-corrected chi connectivity index (χ4v) is 3.71. The number of hydrogen-bond acceptors (Lipinski definition) is 3. The Hall–Kier alpha value is -1.30. The molecule has 1 saturated heterocycles. The molecule has 4 rings (SSSR count). The lowest BCUT2D eigenvalue weighted by atomic mass is 9.92. The monoisotopic (exact) mass is 370 g/mol. The van der Waals surface area contributed by atoms with Crippen LogP contribution in [0.2, 0.25) is 0 Å².